The van der Waals surface area contributed by atoms with E-state index < -0.39 is 30.6 Å². The van der Waals surface area contributed by atoms with Crippen LogP contribution in [0.2, 0.25) is 0 Å². The molecular weight excluding hydrogens is 244 g/mol. The predicted octanol–water partition coefficient (Wildman–Crippen LogP) is 1.71. The Morgan fingerprint density at radius 2 is 2.11 bits per heavy atom. The number of ether oxygens (including phenoxy) is 2. The van der Waals surface area contributed by atoms with Gasteiger partial charge in [-0.1, -0.05) is 13.8 Å². The minimum absolute atomic E-state index is 0.323. The van der Waals surface area contributed by atoms with Gasteiger partial charge in [-0.15, -0.1) is 0 Å². The Morgan fingerprint density at radius 1 is 1.50 bits per heavy atom. The number of esters is 1. The molecule has 6 heteroatoms. The first kappa shape index (κ1) is 15.3. The molecule has 1 aliphatic rings. The summed E-state index contributed by atoms with van der Waals surface area (Å²) in [5.41, 5.74) is 5.62. The van der Waals surface area contributed by atoms with Crippen LogP contribution >= 0.6 is 0 Å². The second kappa shape index (κ2) is 6.43. The number of hydrogen-bond donors (Lipinski definition) is 1. The minimum Gasteiger partial charge on any atom is -0.462 e. The average molecular weight is 265 g/mol. The van der Waals surface area contributed by atoms with Gasteiger partial charge in [0.25, 0.3) is 0 Å². The highest BCUT2D eigenvalue weighted by molar-refractivity contribution is 5.66. The van der Waals surface area contributed by atoms with E-state index in [0.717, 1.165) is 0 Å². The first-order valence-electron chi connectivity index (χ1n) is 6.23. The van der Waals surface area contributed by atoms with Crippen LogP contribution < -0.4 is 5.73 Å². The van der Waals surface area contributed by atoms with E-state index in [1.165, 1.54) is 6.92 Å². The first-order chi connectivity index (χ1) is 8.36. The van der Waals surface area contributed by atoms with E-state index in [1.807, 2.05) is 6.92 Å². The van der Waals surface area contributed by atoms with E-state index in [-0.39, 0.29) is 12.0 Å². The summed E-state index contributed by atoms with van der Waals surface area (Å²) in [5.74, 6) is -0.716. The van der Waals surface area contributed by atoms with Gasteiger partial charge in [0.05, 0.1) is 6.10 Å². The van der Waals surface area contributed by atoms with Crippen LogP contribution in [-0.2, 0) is 14.3 Å². The average Bonchev–Trinajstić information content (AvgIpc) is 2.31. The lowest BCUT2D eigenvalue weighted by molar-refractivity contribution is -0.193. The van der Waals surface area contributed by atoms with Gasteiger partial charge in [0, 0.05) is 25.3 Å². The van der Waals surface area contributed by atoms with E-state index in [1.54, 1.807) is 6.92 Å². The summed E-state index contributed by atoms with van der Waals surface area (Å²) in [6.07, 6.45) is -3.77. The van der Waals surface area contributed by atoms with Crippen molar-refractivity contribution in [1.29, 1.82) is 0 Å². The monoisotopic (exact) mass is 265 g/mol. The summed E-state index contributed by atoms with van der Waals surface area (Å²) in [7, 11) is 0. The Kier molecular flexibility index (Phi) is 5.47. The van der Waals surface area contributed by atoms with E-state index in [0.29, 0.717) is 12.8 Å². The van der Waals surface area contributed by atoms with Crippen LogP contribution in [-0.4, -0.2) is 36.7 Å². The molecule has 4 nitrogen and oxygen atoms in total. The second-order valence-electron chi connectivity index (χ2n) is 4.78. The molecule has 0 amide bonds. The van der Waals surface area contributed by atoms with Crippen LogP contribution in [0.5, 0.6) is 0 Å². The Bertz CT molecular complexity index is 290. The molecule has 0 saturated carbocycles. The highest BCUT2D eigenvalue weighted by atomic mass is 19.2. The zero-order chi connectivity index (χ0) is 13.9. The number of carbonyl (C=O) groups is 1. The smallest absolute Gasteiger partial charge is 0.302 e. The lowest BCUT2D eigenvalue weighted by Gasteiger charge is -2.39. The molecule has 0 aromatic carbocycles. The molecule has 0 radical (unpaired) electrons. The third-order valence-electron chi connectivity index (χ3n) is 3.40. The lowest BCUT2D eigenvalue weighted by atomic mass is 9.87. The minimum atomic E-state index is -2.00. The van der Waals surface area contributed by atoms with Crippen LogP contribution in [0, 0.1) is 5.92 Å². The van der Waals surface area contributed by atoms with Crippen LogP contribution in [0.25, 0.3) is 0 Å². The van der Waals surface area contributed by atoms with Crippen molar-refractivity contribution in [3.63, 3.8) is 0 Å². The summed E-state index contributed by atoms with van der Waals surface area (Å²) in [4.78, 5) is 10.9. The molecule has 106 valence electrons. The van der Waals surface area contributed by atoms with Gasteiger partial charge in [-0.25, -0.2) is 8.78 Å². The number of alkyl halides is 2. The van der Waals surface area contributed by atoms with Gasteiger partial charge in [-0.2, -0.15) is 0 Å². The van der Waals surface area contributed by atoms with Gasteiger partial charge in [0.1, 0.15) is 6.10 Å². The molecule has 0 aromatic heterocycles. The standard InChI is InChI=1S/C12H21F2NO3/c1-4-8(17-7(3)16)5-9-6(2)11(15)10(13)12(14)18-9/h6,8-12H,4-5,15H2,1-3H3/t6?,8-,9?,10?,11?,12?/m1/s1. The molecule has 6 atom stereocenters. The summed E-state index contributed by atoms with van der Waals surface area (Å²) in [6.45, 7) is 4.88. The highest BCUT2D eigenvalue weighted by Gasteiger charge is 2.43. The molecule has 1 heterocycles. The normalized spacial score (nSPS) is 38.2. The zero-order valence-corrected chi connectivity index (χ0v) is 10.9. The van der Waals surface area contributed by atoms with Crippen molar-refractivity contribution in [3.05, 3.63) is 0 Å². The molecule has 1 rings (SSSR count). The Labute approximate surface area is 106 Å². The SMILES string of the molecule is CC[C@H](CC1OC(F)C(F)C(N)C1C)OC(C)=O. The summed E-state index contributed by atoms with van der Waals surface area (Å²) >= 11 is 0. The molecule has 1 fully saturated rings. The van der Waals surface area contributed by atoms with Crippen molar-refractivity contribution in [2.45, 2.75) is 64.4 Å². The number of rotatable bonds is 4. The molecule has 1 aliphatic heterocycles. The maximum atomic E-state index is 13.3. The van der Waals surface area contributed by atoms with Crippen molar-refractivity contribution >= 4 is 5.97 Å². The molecule has 0 aromatic rings. The largest absolute Gasteiger partial charge is 0.462 e. The number of hydrogen-bond acceptors (Lipinski definition) is 4. The van der Waals surface area contributed by atoms with Crippen molar-refractivity contribution in [2.75, 3.05) is 0 Å². The molecule has 18 heavy (non-hydrogen) atoms. The first-order valence-corrected chi connectivity index (χ1v) is 6.23. The molecular formula is C12H21F2NO3. The lowest BCUT2D eigenvalue weighted by Crippen LogP contribution is -2.55. The molecule has 0 spiro atoms. The summed E-state index contributed by atoms with van der Waals surface area (Å²) < 4.78 is 36.7. The third kappa shape index (κ3) is 3.62. The number of carbonyl (C=O) groups excluding carboxylic acids is 1. The second-order valence-corrected chi connectivity index (χ2v) is 4.78. The van der Waals surface area contributed by atoms with Gasteiger partial charge in [0.15, 0.2) is 6.17 Å². The van der Waals surface area contributed by atoms with E-state index in [4.69, 9.17) is 15.2 Å². The molecule has 0 bridgehead atoms. The van der Waals surface area contributed by atoms with Gasteiger partial charge < -0.3 is 15.2 Å². The number of nitrogens with two attached hydrogens (primary N) is 1. The predicted molar refractivity (Wildman–Crippen MR) is 62.3 cm³/mol. The highest BCUT2D eigenvalue weighted by Crippen LogP contribution is 2.30. The van der Waals surface area contributed by atoms with Gasteiger partial charge in [-0.05, 0) is 6.42 Å². The van der Waals surface area contributed by atoms with Crippen LogP contribution in [0.15, 0.2) is 0 Å². The van der Waals surface area contributed by atoms with Gasteiger partial charge >= 0.3 is 5.97 Å². The zero-order valence-electron chi connectivity index (χ0n) is 10.9. The summed E-state index contributed by atoms with van der Waals surface area (Å²) in [5, 5.41) is 0. The quantitative estimate of drug-likeness (QED) is 0.786. The van der Waals surface area contributed by atoms with Crippen molar-refractivity contribution < 1.29 is 23.0 Å². The van der Waals surface area contributed by atoms with Crippen molar-refractivity contribution in [1.82, 2.24) is 0 Å². The topological polar surface area (TPSA) is 61.6 Å². The molecule has 2 N–H and O–H groups in total. The van der Waals surface area contributed by atoms with Gasteiger partial charge in [0.2, 0.25) is 6.36 Å². The maximum absolute atomic E-state index is 13.3. The van der Waals surface area contributed by atoms with Crippen molar-refractivity contribution in [2.24, 2.45) is 11.7 Å². The summed E-state index contributed by atoms with van der Waals surface area (Å²) in [6, 6.07) is -0.895. The van der Waals surface area contributed by atoms with Crippen molar-refractivity contribution in [3.8, 4) is 0 Å². The number of halogens is 2. The Balaban J connectivity index is 2.62. The van der Waals surface area contributed by atoms with E-state index in [9.17, 15) is 13.6 Å². The fourth-order valence-corrected chi connectivity index (χ4v) is 2.14. The van der Waals surface area contributed by atoms with Gasteiger partial charge in [-0.3, -0.25) is 4.79 Å². The van der Waals surface area contributed by atoms with E-state index >= 15 is 0 Å². The molecule has 1 saturated heterocycles. The maximum Gasteiger partial charge on any atom is 0.302 e. The van der Waals surface area contributed by atoms with Crippen LogP contribution in [0.4, 0.5) is 8.78 Å². The third-order valence-corrected chi connectivity index (χ3v) is 3.40. The van der Waals surface area contributed by atoms with Crippen LogP contribution in [0.3, 0.4) is 0 Å². The van der Waals surface area contributed by atoms with E-state index in [2.05, 4.69) is 0 Å². The fraction of sp³-hybridized carbons (Fsp3) is 0.917. The molecule has 5 unspecified atom stereocenters. The Morgan fingerprint density at radius 3 is 2.61 bits per heavy atom. The Hall–Kier alpha value is -0.750. The molecule has 0 aliphatic carbocycles. The fourth-order valence-electron chi connectivity index (χ4n) is 2.14. The van der Waals surface area contributed by atoms with Crippen LogP contribution in [0.1, 0.15) is 33.6 Å².